The Morgan fingerprint density at radius 3 is 2.19 bits per heavy atom. The number of imidazole rings is 1. The highest BCUT2D eigenvalue weighted by atomic mass is 35.5. The first-order valence-corrected chi connectivity index (χ1v) is 18.9. The van der Waals surface area contributed by atoms with Gasteiger partial charge in [0.2, 0.25) is 21.8 Å². The summed E-state index contributed by atoms with van der Waals surface area (Å²) in [5.41, 5.74) is 5.13. The van der Waals surface area contributed by atoms with Crippen LogP contribution in [0.15, 0.2) is 98.7 Å². The number of nitrogens with zero attached hydrogens (tertiary/aromatic N) is 5. The number of para-hydroxylation sites is 2. The second kappa shape index (κ2) is 15.6. The molecule has 5 rings (SSSR count). The predicted octanol–water partition coefficient (Wildman–Crippen LogP) is 2.89. The maximum atomic E-state index is 14.2. The minimum Gasteiger partial charge on any atom is -0.493 e. The summed E-state index contributed by atoms with van der Waals surface area (Å²) in [6.45, 7) is 8.66. The summed E-state index contributed by atoms with van der Waals surface area (Å²) in [6, 6.07) is 18.5. The number of fused-ring (bicyclic) bond motifs is 1. The highest BCUT2D eigenvalue weighted by Crippen LogP contribution is 2.27. The normalized spacial score (nSPS) is 15.6. The number of nitrogens with two attached hydrogens (primary N) is 1. The van der Waals surface area contributed by atoms with Gasteiger partial charge in [0, 0.05) is 13.1 Å². The average Bonchev–Trinajstić information content (AvgIpc) is 3.55. The highest BCUT2D eigenvalue weighted by Gasteiger charge is 2.36. The minimum atomic E-state index is -4.15. The number of carbonyl (C=O) groups is 1. The summed E-state index contributed by atoms with van der Waals surface area (Å²) in [5.74, 6) is -1.49. The van der Waals surface area contributed by atoms with E-state index in [9.17, 15) is 28.2 Å². The molecule has 0 aliphatic carbocycles. The Kier molecular flexibility index (Phi) is 11.6. The van der Waals surface area contributed by atoms with Crippen LogP contribution < -0.4 is 27.5 Å². The number of benzene rings is 3. The van der Waals surface area contributed by atoms with Crippen molar-refractivity contribution in [3.8, 4) is 5.88 Å². The second-order valence-corrected chi connectivity index (χ2v) is 16.5. The fourth-order valence-corrected chi connectivity index (χ4v) is 8.19. The Labute approximate surface area is 308 Å². The van der Waals surface area contributed by atoms with E-state index in [0.29, 0.717) is 10.7 Å². The van der Waals surface area contributed by atoms with Crippen LogP contribution in [0.3, 0.4) is 0 Å². The lowest BCUT2D eigenvalue weighted by molar-refractivity contribution is -0.127. The zero-order valence-corrected chi connectivity index (χ0v) is 31.4. The van der Waals surface area contributed by atoms with Crippen LogP contribution in [0.1, 0.15) is 46.2 Å². The fraction of sp³-hybridized carbons (Fsp3) is 0.405. The zero-order chi connectivity index (χ0) is 38.0. The summed E-state index contributed by atoms with van der Waals surface area (Å²) < 4.78 is 31.3. The molecule has 1 aromatic heterocycles. The van der Waals surface area contributed by atoms with Crippen LogP contribution in [0.5, 0.6) is 5.88 Å². The average molecular weight is 752 g/mol. The lowest BCUT2D eigenvalue weighted by Gasteiger charge is -2.32. The molecule has 1 amide bonds. The van der Waals surface area contributed by atoms with E-state index >= 15 is 0 Å². The second-order valence-electron chi connectivity index (χ2n) is 14.2. The number of aliphatic hydroxyl groups is 1. The smallest absolute Gasteiger partial charge is 0.331 e. The number of rotatable bonds is 15. The molecule has 0 saturated heterocycles. The van der Waals surface area contributed by atoms with Crippen LogP contribution in [-0.2, 0) is 27.8 Å². The van der Waals surface area contributed by atoms with Gasteiger partial charge in [-0.15, -0.1) is 0 Å². The van der Waals surface area contributed by atoms with Crippen molar-refractivity contribution in [3.05, 3.63) is 111 Å². The van der Waals surface area contributed by atoms with Crippen molar-refractivity contribution in [2.24, 2.45) is 21.8 Å². The number of aromatic nitrogens is 2. The molecule has 5 N–H and O–H groups in total. The summed E-state index contributed by atoms with van der Waals surface area (Å²) in [6.07, 6.45) is -0.00222. The third-order valence-corrected chi connectivity index (χ3v) is 11.1. The highest BCUT2D eigenvalue weighted by molar-refractivity contribution is 7.89. The fourth-order valence-electron chi connectivity index (χ4n) is 6.42. The molecule has 0 bridgehead atoms. The van der Waals surface area contributed by atoms with E-state index in [0.717, 1.165) is 10.1 Å². The van der Waals surface area contributed by atoms with Gasteiger partial charge in [0.15, 0.2) is 5.66 Å². The SMILES string of the molecule is CC(C)CN(C[C@@H](O)[C@H](Cc1ccccc1)NC(=O)[C@H](C(C)C)n1cc(O)n(CC2(C)N=c3ccccc3=N2)c1=O)S(=O)(=O)c1ccc(Cl)c(N)c1. The Bertz CT molecular complexity index is 2170. The van der Waals surface area contributed by atoms with Crippen molar-refractivity contribution in [3.63, 3.8) is 0 Å². The maximum Gasteiger partial charge on any atom is 0.331 e. The number of hydrogen-bond donors (Lipinski definition) is 4. The molecule has 3 aromatic carbocycles. The van der Waals surface area contributed by atoms with E-state index in [2.05, 4.69) is 15.3 Å². The summed E-state index contributed by atoms with van der Waals surface area (Å²) in [7, 11) is -4.15. The van der Waals surface area contributed by atoms with Crippen molar-refractivity contribution in [2.75, 3.05) is 18.8 Å². The first-order chi connectivity index (χ1) is 24.5. The van der Waals surface area contributed by atoms with Crippen molar-refractivity contribution in [1.29, 1.82) is 0 Å². The van der Waals surface area contributed by atoms with Gasteiger partial charge >= 0.3 is 5.69 Å². The monoisotopic (exact) mass is 751 g/mol. The maximum absolute atomic E-state index is 14.2. The van der Waals surface area contributed by atoms with Crippen LogP contribution in [-0.4, -0.2) is 68.9 Å². The molecule has 278 valence electrons. The standard InChI is InChI=1S/C37H46ClN7O6S/c1-23(2)19-43(52(50,51)26-15-16-27(38)28(39)18-26)20-32(46)31(17-25-11-7-6-8-12-25)40-35(48)34(24(3)4)44-21-33(47)45(36(44)49)22-37(5)41-29-13-9-10-14-30(29)42-37/h6-16,18,21,23-24,31-32,34,46-47H,17,19-20,22,39H2,1-5H3,(H,40,48)/t31-,32+,34-/m0/s1. The molecule has 52 heavy (non-hydrogen) atoms. The largest absolute Gasteiger partial charge is 0.493 e. The van der Waals surface area contributed by atoms with Crippen molar-refractivity contribution >= 4 is 33.2 Å². The molecule has 0 saturated carbocycles. The molecule has 15 heteroatoms. The quantitative estimate of drug-likeness (QED) is 0.135. The lowest BCUT2D eigenvalue weighted by atomic mass is 9.98. The molecular formula is C37H46ClN7O6S. The van der Waals surface area contributed by atoms with Crippen LogP contribution in [0.4, 0.5) is 5.69 Å². The molecule has 3 atom stereocenters. The molecule has 1 aliphatic heterocycles. The van der Waals surface area contributed by atoms with E-state index < -0.39 is 51.4 Å². The van der Waals surface area contributed by atoms with Gasteiger partial charge in [-0.2, -0.15) is 4.31 Å². The van der Waals surface area contributed by atoms with E-state index in [1.165, 1.54) is 33.3 Å². The van der Waals surface area contributed by atoms with Crippen molar-refractivity contribution < 1.29 is 23.4 Å². The zero-order valence-electron chi connectivity index (χ0n) is 29.8. The third-order valence-electron chi connectivity index (χ3n) is 8.90. The van der Waals surface area contributed by atoms with Gasteiger partial charge in [0.25, 0.3) is 0 Å². The van der Waals surface area contributed by atoms with Crippen molar-refractivity contribution in [2.45, 2.75) is 76.3 Å². The van der Waals surface area contributed by atoms with E-state index in [-0.39, 0.29) is 53.5 Å². The van der Waals surface area contributed by atoms with Gasteiger partial charge in [0.1, 0.15) is 6.04 Å². The van der Waals surface area contributed by atoms with E-state index in [1.807, 2.05) is 68.4 Å². The number of nitrogen functional groups attached to an aromatic ring is 1. The predicted molar refractivity (Wildman–Crippen MR) is 199 cm³/mol. The molecule has 4 aromatic rings. The topological polar surface area (TPSA) is 185 Å². The molecule has 0 fully saturated rings. The summed E-state index contributed by atoms with van der Waals surface area (Å²) >= 11 is 6.06. The molecule has 0 spiro atoms. The Hall–Kier alpha value is -4.50. The Morgan fingerprint density at radius 2 is 1.62 bits per heavy atom. The van der Waals surface area contributed by atoms with Crippen LogP contribution >= 0.6 is 11.6 Å². The van der Waals surface area contributed by atoms with Crippen molar-refractivity contribution in [1.82, 2.24) is 18.8 Å². The Balaban J connectivity index is 1.44. The van der Waals surface area contributed by atoms with Gasteiger partial charge in [-0.05, 0) is 61.1 Å². The third kappa shape index (κ3) is 8.58. The molecule has 13 nitrogen and oxygen atoms in total. The van der Waals surface area contributed by atoms with Gasteiger partial charge in [-0.25, -0.2) is 13.2 Å². The summed E-state index contributed by atoms with van der Waals surface area (Å²) in [5, 5.41) is 27.2. The van der Waals surface area contributed by atoms with E-state index in [4.69, 9.17) is 17.3 Å². The molecule has 0 unspecified atom stereocenters. The van der Waals surface area contributed by atoms with Gasteiger partial charge in [-0.1, -0.05) is 81.8 Å². The number of sulfonamides is 1. The number of halogens is 1. The molecular weight excluding hydrogens is 706 g/mol. The first kappa shape index (κ1) is 38.7. The van der Waals surface area contributed by atoms with E-state index in [1.54, 1.807) is 20.8 Å². The van der Waals surface area contributed by atoms with Gasteiger partial charge in [0.05, 0.1) is 51.2 Å². The minimum absolute atomic E-state index is 0.0689. The number of hydrogen-bond acceptors (Lipinski definition) is 9. The van der Waals surface area contributed by atoms with Crippen LogP contribution in [0, 0.1) is 11.8 Å². The number of carbonyl (C=O) groups excluding carboxylic acids is 1. The first-order valence-electron chi connectivity index (χ1n) is 17.1. The Morgan fingerprint density at radius 1 is 1.00 bits per heavy atom. The number of aromatic hydroxyl groups is 1. The number of anilines is 1. The molecule has 0 radical (unpaired) electrons. The number of amides is 1. The summed E-state index contributed by atoms with van der Waals surface area (Å²) in [4.78, 5) is 37.3. The lowest BCUT2D eigenvalue weighted by Crippen LogP contribution is -2.53. The molecule has 2 heterocycles. The van der Waals surface area contributed by atoms with Gasteiger partial charge in [-0.3, -0.25) is 23.9 Å². The van der Waals surface area contributed by atoms with Gasteiger partial charge < -0.3 is 21.3 Å². The van der Waals surface area contributed by atoms with Crippen LogP contribution in [0.2, 0.25) is 5.02 Å². The number of nitrogens with one attached hydrogen (secondary N) is 1. The number of aliphatic hydroxyl groups excluding tert-OH is 1. The van der Waals surface area contributed by atoms with Crippen LogP contribution in [0.25, 0.3) is 0 Å². The molecule has 1 aliphatic rings.